The van der Waals surface area contributed by atoms with E-state index in [4.69, 9.17) is 4.74 Å². The van der Waals surface area contributed by atoms with Gasteiger partial charge in [0, 0.05) is 31.2 Å². The predicted molar refractivity (Wildman–Crippen MR) is 103 cm³/mol. The molecule has 1 aromatic rings. The Morgan fingerprint density at radius 1 is 1.21 bits per heavy atom. The van der Waals surface area contributed by atoms with Gasteiger partial charge in [0.05, 0.1) is 5.60 Å². The summed E-state index contributed by atoms with van der Waals surface area (Å²) in [5.74, 6) is 0.468. The number of rotatable bonds is 4. The van der Waals surface area contributed by atoms with Gasteiger partial charge in [0.25, 0.3) is 0 Å². The third kappa shape index (κ3) is 4.14. The number of hydrogen-bond donors (Lipinski definition) is 2. The standard InChI is InChI=1S/C21H28FN3O3/c1-14-13-25(20(27)24-17-6-4-16(22)5-7-17)11-10-21(14)9-8-18(28-21)19(26)23-12-15-2-3-15/h4-7,14-15,18H,2-3,8-13H2,1H3,(H,23,26)(H,24,27)/t14-,18+,21-/m1/s1. The molecule has 1 spiro atoms. The van der Waals surface area contributed by atoms with E-state index in [9.17, 15) is 14.0 Å². The van der Waals surface area contributed by atoms with Crippen molar-refractivity contribution < 1.29 is 18.7 Å². The first kappa shape index (κ1) is 19.2. The monoisotopic (exact) mass is 389 g/mol. The van der Waals surface area contributed by atoms with Gasteiger partial charge in [0.1, 0.15) is 11.9 Å². The van der Waals surface area contributed by atoms with Crippen molar-refractivity contribution in [2.24, 2.45) is 11.8 Å². The minimum atomic E-state index is -0.374. The number of halogens is 1. The minimum absolute atomic E-state index is 0.00691. The molecule has 2 heterocycles. The second kappa shape index (κ2) is 7.70. The number of likely N-dealkylation sites (tertiary alicyclic amines) is 1. The maximum Gasteiger partial charge on any atom is 0.321 e. The number of ether oxygens (including phenoxy) is 1. The topological polar surface area (TPSA) is 70.7 Å². The van der Waals surface area contributed by atoms with Crippen LogP contribution in [0.5, 0.6) is 0 Å². The van der Waals surface area contributed by atoms with Crippen LogP contribution in [0.1, 0.15) is 39.0 Å². The van der Waals surface area contributed by atoms with Crippen LogP contribution in [0.3, 0.4) is 0 Å². The van der Waals surface area contributed by atoms with Gasteiger partial charge in [-0.15, -0.1) is 0 Å². The van der Waals surface area contributed by atoms with Crippen LogP contribution in [-0.2, 0) is 9.53 Å². The van der Waals surface area contributed by atoms with Gasteiger partial charge in [-0.25, -0.2) is 9.18 Å². The number of carbonyl (C=O) groups is 2. The van der Waals surface area contributed by atoms with Crippen molar-refractivity contribution in [2.45, 2.75) is 50.7 Å². The number of anilines is 1. The zero-order chi connectivity index (χ0) is 19.7. The smallest absolute Gasteiger partial charge is 0.321 e. The molecule has 1 saturated carbocycles. The highest BCUT2D eigenvalue weighted by molar-refractivity contribution is 5.89. The molecule has 28 heavy (non-hydrogen) atoms. The average Bonchev–Trinajstić information content (AvgIpc) is 3.42. The summed E-state index contributed by atoms with van der Waals surface area (Å²) in [6, 6.07) is 5.55. The zero-order valence-corrected chi connectivity index (χ0v) is 16.2. The van der Waals surface area contributed by atoms with Gasteiger partial charge in [0.2, 0.25) is 5.91 Å². The van der Waals surface area contributed by atoms with Crippen molar-refractivity contribution in [3.05, 3.63) is 30.1 Å². The summed E-state index contributed by atoms with van der Waals surface area (Å²) < 4.78 is 19.3. The van der Waals surface area contributed by atoms with Crippen LogP contribution in [0.15, 0.2) is 24.3 Å². The molecule has 0 unspecified atom stereocenters. The van der Waals surface area contributed by atoms with E-state index in [1.165, 1.54) is 25.0 Å². The van der Waals surface area contributed by atoms with Gasteiger partial charge in [-0.2, -0.15) is 0 Å². The summed E-state index contributed by atoms with van der Waals surface area (Å²) in [4.78, 5) is 26.7. The van der Waals surface area contributed by atoms with Crippen molar-refractivity contribution in [1.82, 2.24) is 10.2 Å². The highest BCUT2D eigenvalue weighted by Gasteiger charge is 2.49. The summed E-state index contributed by atoms with van der Waals surface area (Å²) in [6.45, 7) is 4.00. The molecule has 2 aliphatic heterocycles. The summed E-state index contributed by atoms with van der Waals surface area (Å²) in [5, 5.41) is 5.83. The Balaban J connectivity index is 1.30. The fraction of sp³-hybridized carbons (Fsp3) is 0.619. The molecule has 2 saturated heterocycles. The van der Waals surface area contributed by atoms with Crippen molar-refractivity contribution >= 4 is 17.6 Å². The molecular weight excluding hydrogens is 361 g/mol. The molecule has 1 aromatic carbocycles. The van der Waals surface area contributed by atoms with Crippen LogP contribution in [0.2, 0.25) is 0 Å². The summed E-state index contributed by atoms with van der Waals surface area (Å²) >= 11 is 0. The highest BCUT2D eigenvalue weighted by atomic mass is 19.1. The molecule has 3 amide bonds. The Morgan fingerprint density at radius 2 is 1.96 bits per heavy atom. The summed E-state index contributed by atoms with van der Waals surface area (Å²) in [5.41, 5.74) is 0.248. The number of piperidine rings is 1. The fourth-order valence-electron chi connectivity index (χ4n) is 4.27. The number of urea groups is 1. The second-order valence-electron chi connectivity index (χ2n) is 8.43. The molecule has 3 fully saturated rings. The van der Waals surface area contributed by atoms with E-state index in [-0.39, 0.29) is 35.4 Å². The minimum Gasteiger partial charge on any atom is -0.362 e. The lowest BCUT2D eigenvalue weighted by atomic mass is 9.80. The molecule has 152 valence electrons. The first-order valence-electron chi connectivity index (χ1n) is 10.2. The van der Waals surface area contributed by atoms with Crippen molar-refractivity contribution in [3.8, 4) is 0 Å². The van der Waals surface area contributed by atoms with Crippen LogP contribution in [0, 0.1) is 17.7 Å². The van der Waals surface area contributed by atoms with Gasteiger partial charge < -0.3 is 20.3 Å². The lowest BCUT2D eigenvalue weighted by molar-refractivity contribution is -0.146. The van der Waals surface area contributed by atoms with Gasteiger partial charge in [-0.05, 0) is 62.3 Å². The van der Waals surface area contributed by atoms with E-state index in [2.05, 4.69) is 17.6 Å². The van der Waals surface area contributed by atoms with Crippen LogP contribution >= 0.6 is 0 Å². The molecule has 3 aliphatic rings. The van der Waals surface area contributed by atoms with Gasteiger partial charge in [-0.1, -0.05) is 6.92 Å². The van der Waals surface area contributed by atoms with Crippen LogP contribution in [-0.4, -0.2) is 48.2 Å². The summed E-state index contributed by atoms with van der Waals surface area (Å²) in [7, 11) is 0. The van der Waals surface area contributed by atoms with E-state index in [1.54, 1.807) is 17.0 Å². The number of carbonyl (C=O) groups excluding carboxylic acids is 2. The number of hydrogen-bond acceptors (Lipinski definition) is 3. The SMILES string of the molecule is C[C@@H]1CN(C(=O)Nc2ccc(F)cc2)CC[C@]12CC[C@@H](C(=O)NCC1CC1)O2. The average molecular weight is 389 g/mol. The fourth-order valence-corrected chi connectivity index (χ4v) is 4.27. The normalized spacial score (nSPS) is 29.7. The molecule has 3 atom stereocenters. The van der Waals surface area contributed by atoms with Crippen molar-refractivity contribution in [1.29, 1.82) is 0 Å². The summed E-state index contributed by atoms with van der Waals surface area (Å²) in [6.07, 6.45) is 4.36. The van der Waals surface area contributed by atoms with Crippen LogP contribution < -0.4 is 10.6 Å². The van der Waals surface area contributed by atoms with Gasteiger partial charge in [0.15, 0.2) is 0 Å². The molecule has 1 aliphatic carbocycles. The van der Waals surface area contributed by atoms with Gasteiger partial charge in [-0.3, -0.25) is 4.79 Å². The Labute approximate surface area is 164 Å². The van der Waals surface area contributed by atoms with E-state index in [1.807, 2.05) is 0 Å². The molecule has 2 N–H and O–H groups in total. The van der Waals surface area contributed by atoms with Crippen molar-refractivity contribution in [3.63, 3.8) is 0 Å². The lowest BCUT2D eigenvalue weighted by Crippen LogP contribution is -2.54. The van der Waals surface area contributed by atoms with Gasteiger partial charge >= 0.3 is 6.03 Å². The second-order valence-corrected chi connectivity index (χ2v) is 8.43. The van der Waals surface area contributed by atoms with E-state index >= 15 is 0 Å². The van der Waals surface area contributed by atoms with E-state index in [0.717, 1.165) is 25.8 Å². The molecule has 0 radical (unpaired) electrons. The van der Waals surface area contributed by atoms with E-state index < -0.39 is 0 Å². The van der Waals surface area contributed by atoms with Crippen LogP contribution in [0.25, 0.3) is 0 Å². The quantitative estimate of drug-likeness (QED) is 0.831. The van der Waals surface area contributed by atoms with E-state index in [0.29, 0.717) is 24.7 Å². The Bertz CT molecular complexity index is 737. The lowest BCUT2D eigenvalue weighted by Gasteiger charge is -2.44. The Hall–Kier alpha value is -2.15. The van der Waals surface area contributed by atoms with Crippen LogP contribution in [0.4, 0.5) is 14.9 Å². The maximum atomic E-state index is 13.0. The van der Waals surface area contributed by atoms with Crippen molar-refractivity contribution in [2.75, 3.05) is 25.0 Å². The molecule has 4 rings (SSSR count). The number of nitrogens with one attached hydrogen (secondary N) is 2. The number of nitrogens with zero attached hydrogens (tertiary/aromatic N) is 1. The first-order chi connectivity index (χ1) is 13.4. The predicted octanol–water partition coefficient (Wildman–Crippen LogP) is 3.14. The Morgan fingerprint density at radius 3 is 2.64 bits per heavy atom. The molecule has 0 aromatic heterocycles. The molecule has 0 bridgehead atoms. The molecule has 6 nitrogen and oxygen atoms in total. The maximum absolute atomic E-state index is 13.0. The third-order valence-corrected chi connectivity index (χ3v) is 6.34. The number of benzene rings is 1. The number of amides is 3. The molecular formula is C21H28FN3O3. The molecule has 7 heteroatoms. The Kier molecular flexibility index (Phi) is 5.27. The zero-order valence-electron chi connectivity index (χ0n) is 16.2. The largest absolute Gasteiger partial charge is 0.362 e. The highest BCUT2D eigenvalue weighted by Crippen LogP contribution is 2.42. The first-order valence-corrected chi connectivity index (χ1v) is 10.2. The third-order valence-electron chi connectivity index (χ3n) is 6.34.